The van der Waals surface area contributed by atoms with E-state index in [1.165, 1.54) is 22.0 Å². The first-order valence-electron chi connectivity index (χ1n) is 9.49. The molecule has 3 aromatic heterocycles. The normalized spacial score (nSPS) is 11.4. The molecule has 7 nitrogen and oxygen atoms in total. The van der Waals surface area contributed by atoms with Crippen LogP contribution in [0.3, 0.4) is 0 Å². The van der Waals surface area contributed by atoms with Crippen molar-refractivity contribution < 1.29 is 4.74 Å². The van der Waals surface area contributed by atoms with Crippen LogP contribution in [-0.4, -0.2) is 24.3 Å². The third kappa shape index (κ3) is 4.22. The molecule has 0 bridgehead atoms. The highest BCUT2D eigenvalue weighted by molar-refractivity contribution is 7.98. The van der Waals surface area contributed by atoms with Crippen LogP contribution in [0.1, 0.15) is 42.4 Å². The summed E-state index contributed by atoms with van der Waals surface area (Å²) < 4.78 is 9.32. The van der Waals surface area contributed by atoms with Gasteiger partial charge in [0.25, 0.3) is 0 Å². The van der Waals surface area contributed by atoms with Gasteiger partial charge in [-0.05, 0) is 42.2 Å². The summed E-state index contributed by atoms with van der Waals surface area (Å²) in [6.45, 7) is 6.65. The number of hydrogen-bond donors (Lipinski definition) is 1. The van der Waals surface area contributed by atoms with Gasteiger partial charge in [0.1, 0.15) is 18.0 Å². The zero-order valence-corrected chi connectivity index (χ0v) is 17.6. The van der Waals surface area contributed by atoms with Gasteiger partial charge in [-0.2, -0.15) is 0 Å². The maximum Gasteiger partial charge on any atom is 0.210 e. The van der Waals surface area contributed by atoms with Gasteiger partial charge in [-0.3, -0.25) is 0 Å². The quantitative estimate of drug-likeness (QED) is 0.368. The largest absolute Gasteiger partial charge is 0.486 e. The number of rotatable bonds is 7. The van der Waals surface area contributed by atoms with Crippen molar-refractivity contribution in [1.29, 1.82) is 0 Å². The van der Waals surface area contributed by atoms with Crippen LogP contribution in [0.4, 0.5) is 0 Å². The average molecular weight is 409 g/mol. The Kier molecular flexibility index (Phi) is 5.44. The lowest BCUT2D eigenvalue weighted by atomic mass is 10.0. The molecule has 0 saturated carbocycles. The molecule has 0 spiro atoms. The van der Waals surface area contributed by atoms with Gasteiger partial charge < -0.3 is 15.0 Å². The van der Waals surface area contributed by atoms with Crippen LogP contribution in [0.2, 0.25) is 0 Å². The highest BCUT2D eigenvalue weighted by atomic mass is 32.2. The molecule has 0 aliphatic rings. The predicted molar refractivity (Wildman–Crippen MR) is 115 cm³/mol. The summed E-state index contributed by atoms with van der Waals surface area (Å²) in [7, 11) is 0. The molecular weight excluding hydrogens is 384 g/mol. The molecular formula is C21H24N6OS. The number of nitrogens with two attached hydrogens (primary N) is 1. The van der Waals surface area contributed by atoms with Crippen molar-refractivity contribution in [3.8, 4) is 5.75 Å². The molecule has 1 aromatic carbocycles. The van der Waals surface area contributed by atoms with Gasteiger partial charge in [-0.25, -0.2) is 9.66 Å². The van der Waals surface area contributed by atoms with E-state index in [1.807, 2.05) is 35.0 Å². The lowest BCUT2D eigenvalue weighted by molar-refractivity contribution is 0.291. The van der Waals surface area contributed by atoms with E-state index in [-0.39, 0.29) is 6.61 Å². The van der Waals surface area contributed by atoms with Crippen LogP contribution >= 0.6 is 11.8 Å². The number of imidazole rings is 1. The van der Waals surface area contributed by atoms with Crippen molar-refractivity contribution in [2.75, 3.05) is 5.84 Å². The second kappa shape index (κ2) is 8.16. The second-order valence-corrected chi connectivity index (χ2v) is 8.17. The van der Waals surface area contributed by atoms with Crippen molar-refractivity contribution in [3.63, 3.8) is 0 Å². The van der Waals surface area contributed by atoms with Crippen LogP contribution in [0.5, 0.6) is 5.75 Å². The van der Waals surface area contributed by atoms with E-state index in [9.17, 15) is 0 Å². The first-order chi connectivity index (χ1) is 14.0. The Morgan fingerprint density at radius 3 is 2.66 bits per heavy atom. The number of hydrogen-bond acceptors (Lipinski definition) is 6. The van der Waals surface area contributed by atoms with Gasteiger partial charge in [0.2, 0.25) is 5.16 Å². The van der Waals surface area contributed by atoms with E-state index in [1.54, 1.807) is 0 Å². The Morgan fingerprint density at radius 2 is 1.93 bits per heavy atom. The van der Waals surface area contributed by atoms with Crippen molar-refractivity contribution in [2.24, 2.45) is 0 Å². The Balaban J connectivity index is 1.38. The van der Waals surface area contributed by atoms with Crippen LogP contribution in [0.25, 0.3) is 5.65 Å². The molecule has 0 aliphatic heterocycles. The number of pyridine rings is 1. The van der Waals surface area contributed by atoms with E-state index in [0.29, 0.717) is 22.7 Å². The molecule has 0 saturated heterocycles. The maximum atomic E-state index is 6.16. The molecule has 0 radical (unpaired) electrons. The Morgan fingerprint density at radius 1 is 1.14 bits per heavy atom. The first kappa shape index (κ1) is 19.3. The van der Waals surface area contributed by atoms with Crippen molar-refractivity contribution in [3.05, 3.63) is 71.4 Å². The number of nitrogens with zero attached hydrogens (tertiary/aromatic N) is 5. The van der Waals surface area contributed by atoms with E-state index in [4.69, 9.17) is 10.6 Å². The number of nitrogen functional groups attached to an aromatic ring is 1. The highest BCUT2D eigenvalue weighted by Crippen LogP contribution is 2.22. The lowest BCUT2D eigenvalue weighted by Crippen LogP contribution is -2.15. The summed E-state index contributed by atoms with van der Waals surface area (Å²) in [5.74, 6) is 8.67. The summed E-state index contributed by atoms with van der Waals surface area (Å²) in [4.78, 5) is 4.68. The Bertz CT molecular complexity index is 1120. The molecule has 0 unspecified atom stereocenters. The van der Waals surface area contributed by atoms with Gasteiger partial charge in [-0.15, -0.1) is 10.2 Å². The monoisotopic (exact) mass is 408 g/mol. The van der Waals surface area contributed by atoms with Gasteiger partial charge in [0.05, 0.1) is 5.69 Å². The molecule has 4 rings (SSSR count). The van der Waals surface area contributed by atoms with Gasteiger partial charge in [0.15, 0.2) is 5.82 Å². The van der Waals surface area contributed by atoms with E-state index >= 15 is 0 Å². The van der Waals surface area contributed by atoms with Crippen molar-refractivity contribution in [2.45, 2.75) is 44.2 Å². The first-order valence-corrected chi connectivity index (χ1v) is 10.5. The molecule has 150 valence electrons. The third-order valence-corrected chi connectivity index (χ3v) is 5.70. The van der Waals surface area contributed by atoms with Gasteiger partial charge in [-0.1, -0.05) is 43.8 Å². The topological polar surface area (TPSA) is 83.3 Å². The summed E-state index contributed by atoms with van der Waals surface area (Å²) in [5, 5.41) is 8.98. The second-order valence-electron chi connectivity index (χ2n) is 7.22. The summed E-state index contributed by atoms with van der Waals surface area (Å²) >= 11 is 1.50. The standard InChI is InChI=1S/C21H24N6OS/c1-14(2)16-6-8-18(9-7-16)28-12-19-24-25-21(27(19)22)29-13-17-11-26-10-4-5-15(3)20(26)23-17/h4-11,14H,12-13,22H2,1-3H3. The lowest BCUT2D eigenvalue weighted by Gasteiger charge is -2.08. The molecule has 0 atom stereocenters. The van der Waals surface area contributed by atoms with Gasteiger partial charge >= 0.3 is 0 Å². The fraction of sp³-hybridized carbons (Fsp3) is 0.286. The highest BCUT2D eigenvalue weighted by Gasteiger charge is 2.13. The molecule has 2 N–H and O–H groups in total. The minimum absolute atomic E-state index is 0.263. The smallest absolute Gasteiger partial charge is 0.210 e. The fourth-order valence-electron chi connectivity index (χ4n) is 3.01. The predicted octanol–water partition coefficient (Wildman–Crippen LogP) is 3.94. The van der Waals surface area contributed by atoms with Crippen LogP contribution in [0, 0.1) is 6.92 Å². The molecule has 0 fully saturated rings. The number of thioether (sulfide) groups is 1. The van der Waals surface area contributed by atoms with E-state index in [0.717, 1.165) is 22.7 Å². The molecule has 29 heavy (non-hydrogen) atoms. The van der Waals surface area contributed by atoms with Crippen molar-refractivity contribution >= 4 is 17.4 Å². The number of aromatic nitrogens is 5. The number of aryl methyl sites for hydroxylation is 1. The zero-order chi connectivity index (χ0) is 20.4. The van der Waals surface area contributed by atoms with Crippen LogP contribution < -0.4 is 10.6 Å². The van der Waals surface area contributed by atoms with Gasteiger partial charge in [0, 0.05) is 18.1 Å². The van der Waals surface area contributed by atoms with Crippen molar-refractivity contribution in [1.82, 2.24) is 24.3 Å². The minimum Gasteiger partial charge on any atom is -0.486 e. The number of fused-ring (bicyclic) bond motifs is 1. The Hall–Kier alpha value is -3.00. The summed E-state index contributed by atoms with van der Waals surface area (Å²) in [5.41, 5.74) is 4.36. The minimum atomic E-state index is 0.263. The SMILES string of the molecule is Cc1cccn2cc(CSc3nnc(COc4ccc(C(C)C)cc4)n3N)nc12. The molecule has 4 aromatic rings. The Labute approximate surface area is 173 Å². The zero-order valence-electron chi connectivity index (χ0n) is 16.7. The number of benzene rings is 1. The third-order valence-electron chi connectivity index (χ3n) is 4.73. The number of ether oxygens (including phenoxy) is 1. The van der Waals surface area contributed by atoms with Crippen LogP contribution in [0.15, 0.2) is 53.9 Å². The van der Waals surface area contributed by atoms with E-state index < -0.39 is 0 Å². The summed E-state index contributed by atoms with van der Waals surface area (Å²) in [6, 6.07) is 12.1. The fourth-order valence-corrected chi connectivity index (χ4v) is 3.77. The maximum absolute atomic E-state index is 6.16. The average Bonchev–Trinajstić information content (AvgIpc) is 3.29. The molecule has 0 amide bonds. The van der Waals surface area contributed by atoms with E-state index in [2.05, 4.69) is 54.2 Å². The summed E-state index contributed by atoms with van der Waals surface area (Å²) in [6.07, 6.45) is 4.02. The molecule has 3 heterocycles. The molecule has 8 heteroatoms. The molecule has 0 aliphatic carbocycles. The van der Waals surface area contributed by atoms with Crippen LogP contribution in [-0.2, 0) is 12.4 Å².